The second kappa shape index (κ2) is 7.71. The summed E-state index contributed by atoms with van der Waals surface area (Å²) in [7, 11) is 0. The van der Waals surface area contributed by atoms with Crippen LogP contribution in [0.3, 0.4) is 0 Å². The number of thiophene rings is 1. The Bertz CT molecular complexity index is 1020. The molecule has 0 spiro atoms. The molecule has 3 nitrogen and oxygen atoms in total. The molecule has 2 aromatic rings. The third-order valence-electron chi connectivity index (χ3n) is 5.92. The summed E-state index contributed by atoms with van der Waals surface area (Å²) in [6.07, 6.45) is 9.77. The van der Waals surface area contributed by atoms with Crippen LogP contribution < -0.4 is 5.73 Å². The summed E-state index contributed by atoms with van der Waals surface area (Å²) in [6, 6.07) is 10.4. The van der Waals surface area contributed by atoms with Gasteiger partial charge in [-0.15, -0.1) is 11.3 Å². The molecule has 150 valence electrons. The van der Waals surface area contributed by atoms with Crippen molar-refractivity contribution in [2.75, 3.05) is 0 Å². The van der Waals surface area contributed by atoms with Crippen molar-refractivity contribution in [2.24, 2.45) is 28.5 Å². The van der Waals surface area contributed by atoms with Gasteiger partial charge in [-0.25, -0.2) is 4.39 Å². The van der Waals surface area contributed by atoms with Gasteiger partial charge in [-0.1, -0.05) is 56.7 Å². The second-order valence-corrected chi connectivity index (χ2v) is 8.92. The van der Waals surface area contributed by atoms with Gasteiger partial charge >= 0.3 is 0 Å². The van der Waals surface area contributed by atoms with Crippen LogP contribution in [0.15, 0.2) is 65.7 Å². The van der Waals surface area contributed by atoms with Crippen molar-refractivity contribution < 1.29 is 9.18 Å². The Balaban J connectivity index is 1.84. The molecule has 2 N–H and O–H groups in total. The highest BCUT2D eigenvalue weighted by Gasteiger charge is 2.55. The molecule has 0 bridgehead atoms. The van der Waals surface area contributed by atoms with Crippen molar-refractivity contribution in [2.45, 2.75) is 32.2 Å². The first-order valence-electron chi connectivity index (χ1n) is 10.1. The summed E-state index contributed by atoms with van der Waals surface area (Å²) >= 11 is 1.50. The maximum atomic E-state index is 13.8. The lowest BCUT2D eigenvalue weighted by molar-refractivity contribution is -0.127. The molecular formula is C24H25FN2OS. The number of amidine groups is 1. The Hall–Kier alpha value is -2.53. The molecule has 1 aliphatic carbocycles. The average Bonchev–Trinajstić information content (AvgIpc) is 3.29. The second-order valence-electron chi connectivity index (χ2n) is 7.84. The van der Waals surface area contributed by atoms with E-state index in [9.17, 15) is 9.18 Å². The molecule has 0 saturated heterocycles. The van der Waals surface area contributed by atoms with Crippen LogP contribution in [0.2, 0.25) is 0 Å². The molecule has 4 atom stereocenters. The zero-order chi connectivity index (χ0) is 20.6. The van der Waals surface area contributed by atoms with Gasteiger partial charge in [-0.05, 0) is 42.2 Å². The highest BCUT2D eigenvalue weighted by atomic mass is 32.1. The summed E-state index contributed by atoms with van der Waals surface area (Å²) in [5, 5.41) is 0. The molecule has 0 amide bonds. The number of carbonyl (C=O) groups is 1. The van der Waals surface area contributed by atoms with Gasteiger partial charge in [0.05, 0.1) is 5.92 Å². The van der Waals surface area contributed by atoms with Gasteiger partial charge in [-0.3, -0.25) is 9.79 Å². The molecule has 1 aromatic heterocycles. The standard InChI is InChI=1S/C24H25FN2OS/c1-3-7-18-22(28)24(27-23(18)26,19-11-5-4-8-15(19)2)21-13-12-20(29-21)16-9-6-10-17(25)14-16/h4-6,8-15,18-19H,3,7H2,1-2H3,(H2,26,27). The fraction of sp³-hybridized carbons (Fsp3) is 0.333. The minimum absolute atomic E-state index is 0.0845. The molecule has 2 aliphatic rings. The number of nitrogens with zero attached hydrogens (tertiary/aromatic N) is 1. The number of benzene rings is 1. The summed E-state index contributed by atoms with van der Waals surface area (Å²) in [6.45, 7) is 4.17. The monoisotopic (exact) mass is 408 g/mol. The number of halogens is 1. The van der Waals surface area contributed by atoms with E-state index in [1.807, 2.05) is 30.4 Å². The van der Waals surface area contributed by atoms with E-state index in [1.54, 1.807) is 6.07 Å². The van der Waals surface area contributed by atoms with Gasteiger partial charge in [-0.2, -0.15) is 0 Å². The molecule has 1 aliphatic heterocycles. The van der Waals surface area contributed by atoms with Crippen molar-refractivity contribution in [1.82, 2.24) is 0 Å². The topological polar surface area (TPSA) is 55.5 Å². The number of Topliss-reactive ketones (excluding diaryl/α,β-unsaturated/α-hetero) is 1. The maximum Gasteiger partial charge on any atom is 0.176 e. The van der Waals surface area contributed by atoms with E-state index < -0.39 is 5.54 Å². The Morgan fingerprint density at radius 3 is 2.72 bits per heavy atom. The first-order chi connectivity index (χ1) is 14.0. The number of allylic oxidation sites excluding steroid dienone is 3. The van der Waals surface area contributed by atoms with Gasteiger partial charge < -0.3 is 5.73 Å². The quantitative estimate of drug-likeness (QED) is 0.712. The first-order valence-corrected chi connectivity index (χ1v) is 10.9. The van der Waals surface area contributed by atoms with Crippen LogP contribution in [0.1, 0.15) is 31.6 Å². The van der Waals surface area contributed by atoms with E-state index in [1.165, 1.54) is 23.5 Å². The first kappa shape index (κ1) is 19.8. The van der Waals surface area contributed by atoms with Crippen LogP contribution in [-0.2, 0) is 10.3 Å². The minimum atomic E-state index is -1.01. The smallest absolute Gasteiger partial charge is 0.176 e. The maximum absolute atomic E-state index is 13.8. The number of ketones is 1. The molecule has 4 unspecified atom stereocenters. The predicted molar refractivity (Wildman–Crippen MR) is 117 cm³/mol. The molecule has 0 saturated carbocycles. The van der Waals surface area contributed by atoms with Crippen molar-refractivity contribution in [1.29, 1.82) is 0 Å². The number of rotatable bonds is 5. The highest BCUT2D eigenvalue weighted by molar-refractivity contribution is 7.15. The largest absolute Gasteiger partial charge is 0.387 e. The van der Waals surface area contributed by atoms with Crippen LogP contribution in [0.4, 0.5) is 4.39 Å². The van der Waals surface area contributed by atoms with E-state index in [0.29, 0.717) is 12.3 Å². The van der Waals surface area contributed by atoms with Crippen molar-refractivity contribution >= 4 is 23.0 Å². The minimum Gasteiger partial charge on any atom is -0.387 e. The predicted octanol–water partition coefficient (Wildman–Crippen LogP) is 5.48. The molecule has 2 heterocycles. The van der Waals surface area contributed by atoms with Crippen LogP contribution in [-0.4, -0.2) is 11.6 Å². The lowest BCUT2D eigenvalue weighted by atomic mass is 9.70. The summed E-state index contributed by atoms with van der Waals surface area (Å²) in [5.74, 6) is -0.0383. The van der Waals surface area contributed by atoms with Crippen LogP contribution in [0, 0.1) is 23.6 Å². The lowest BCUT2D eigenvalue weighted by Gasteiger charge is -2.35. The number of hydrogen-bond acceptors (Lipinski definition) is 4. The Labute approximate surface area is 174 Å². The van der Waals surface area contributed by atoms with E-state index in [2.05, 4.69) is 26.0 Å². The lowest BCUT2D eigenvalue weighted by Crippen LogP contribution is -2.42. The number of nitrogens with two attached hydrogens (primary N) is 1. The van der Waals surface area contributed by atoms with Crippen molar-refractivity contribution in [3.05, 3.63) is 71.4 Å². The zero-order valence-corrected chi connectivity index (χ0v) is 17.5. The Morgan fingerprint density at radius 1 is 1.21 bits per heavy atom. The normalized spacial score (nSPS) is 28.7. The fourth-order valence-electron chi connectivity index (χ4n) is 4.46. The third kappa shape index (κ3) is 3.27. The summed E-state index contributed by atoms with van der Waals surface area (Å²) in [4.78, 5) is 20.4. The molecule has 0 radical (unpaired) electrons. The molecule has 1 aromatic carbocycles. The van der Waals surface area contributed by atoms with Crippen LogP contribution >= 0.6 is 11.3 Å². The summed E-state index contributed by atoms with van der Waals surface area (Å²) in [5.41, 5.74) is 6.09. The molecular weight excluding hydrogens is 383 g/mol. The highest BCUT2D eigenvalue weighted by Crippen LogP contribution is 2.50. The van der Waals surface area contributed by atoms with Gasteiger partial charge in [0.15, 0.2) is 11.3 Å². The van der Waals surface area contributed by atoms with Gasteiger partial charge in [0.1, 0.15) is 11.7 Å². The zero-order valence-electron chi connectivity index (χ0n) is 16.6. The number of hydrogen-bond donors (Lipinski definition) is 1. The van der Waals surface area contributed by atoms with Crippen molar-refractivity contribution in [3.63, 3.8) is 0 Å². The third-order valence-corrected chi connectivity index (χ3v) is 7.17. The van der Waals surface area contributed by atoms with Crippen molar-refractivity contribution in [3.8, 4) is 10.4 Å². The molecule has 4 rings (SSSR count). The number of carbonyl (C=O) groups excluding carboxylic acids is 1. The van der Waals surface area contributed by atoms with E-state index >= 15 is 0 Å². The average molecular weight is 409 g/mol. The van der Waals surface area contributed by atoms with E-state index in [-0.39, 0.29) is 29.4 Å². The Kier molecular flexibility index (Phi) is 5.26. The molecule has 5 heteroatoms. The van der Waals surface area contributed by atoms with E-state index in [4.69, 9.17) is 10.7 Å². The van der Waals surface area contributed by atoms with Gasteiger partial charge in [0.25, 0.3) is 0 Å². The van der Waals surface area contributed by atoms with Crippen LogP contribution in [0.5, 0.6) is 0 Å². The number of aliphatic imine (C=N–C) groups is 1. The summed E-state index contributed by atoms with van der Waals surface area (Å²) < 4.78 is 13.7. The van der Waals surface area contributed by atoms with Gasteiger partial charge in [0.2, 0.25) is 0 Å². The fourth-order valence-corrected chi connectivity index (χ4v) is 5.65. The van der Waals surface area contributed by atoms with Gasteiger partial charge in [0, 0.05) is 15.7 Å². The van der Waals surface area contributed by atoms with E-state index in [0.717, 1.165) is 21.7 Å². The Morgan fingerprint density at radius 2 is 2.00 bits per heavy atom. The van der Waals surface area contributed by atoms with Crippen LogP contribution in [0.25, 0.3) is 10.4 Å². The SMILES string of the molecule is CCCC1C(=O)C(c2ccc(-c3cccc(F)c3)s2)(C2C=CC=CC2C)N=C1N. The molecule has 0 fully saturated rings. The molecule has 29 heavy (non-hydrogen) atoms.